The van der Waals surface area contributed by atoms with E-state index in [4.69, 9.17) is 0 Å². The molecule has 1 aliphatic rings. The van der Waals surface area contributed by atoms with Crippen molar-refractivity contribution in [2.45, 2.75) is 32.3 Å². The first-order valence-electron chi connectivity index (χ1n) is 9.48. The van der Waals surface area contributed by atoms with E-state index < -0.39 is 12.3 Å². The summed E-state index contributed by atoms with van der Waals surface area (Å²) >= 11 is 1.55. The number of halogens is 3. The molecule has 0 spiro atoms. The van der Waals surface area contributed by atoms with Crippen molar-refractivity contribution in [2.75, 3.05) is 13.1 Å². The first kappa shape index (κ1) is 21.9. The molecule has 1 atom stereocenters. The molecule has 1 unspecified atom stereocenters. The molecule has 2 aromatic rings. The summed E-state index contributed by atoms with van der Waals surface area (Å²) in [5, 5.41) is 7.44. The maximum atomic E-state index is 12.5. The second-order valence-electron chi connectivity index (χ2n) is 6.90. The molecule has 1 fully saturated rings. The van der Waals surface area contributed by atoms with Gasteiger partial charge in [0, 0.05) is 30.1 Å². The summed E-state index contributed by atoms with van der Waals surface area (Å²) < 4.78 is 41.6. The zero-order valence-electron chi connectivity index (χ0n) is 16.1. The van der Waals surface area contributed by atoms with Gasteiger partial charge in [-0.25, -0.2) is 4.79 Å². The second-order valence-corrected chi connectivity index (χ2v) is 7.93. The standard InChI is InChI=1S/C20H22F3N3O3S/c21-20(22,23)29-17-8-2-1-5-14(17)11-24-18(27)15-6-3-9-26(13-15)19(28)25-12-16-7-4-10-30-16/h1-2,4-5,7-8,10,15H,3,6,9,11-13H2,(H,24,27)(H,25,28). The van der Waals surface area contributed by atoms with E-state index in [9.17, 15) is 22.8 Å². The van der Waals surface area contributed by atoms with E-state index in [1.54, 1.807) is 22.3 Å². The molecule has 1 saturated heterocycles. The Kier molecular flexibility index (Phi) is 7.20. The third kappa shape index (κ3) is 6.38. The third-order valence-corrected chi connectivity index (χ3v) is 5.60. The molecule has 2 heterocycles. The molecule has 1 aliphatic heterocycles. The minimum atomic E-state index is -4.81. The number of para-hydroxylation sites is 1. The van der Waals surface area contributed by atoms with Crippen molar-refractivity contribution >= 4 is 23.3 Å². The molecule has 1 aromatic heterocycles. The van der Waals surface area contributed by atoms with Gasteiger partial charge in [-0.05, 0) is 30.4 Å². The Morgan fingerprint density at radius 2 is 1.93 bits per heavy atom. The van der Waals surface area contributed by atoms with Crippen molar-refractivity contribution in [3.05, 3.63) is 52.2 Å². The predicted molar refractivity (Wildman–Crippen MR) is 106 cm³/mol. The number of likely N-dealkylation sites (tertiary alicyclic amines) is 1. The van der Waals surface area contributed by atoms with E-state index in [2.05, 4.69) is 15.4 Å². The summed E-state index contributed by atoms with van der Waals surface area (Å²) in [7, 11) is 0. The van der Waals surface area contributed by atoms with Crippen LogP contribution in [0.4, 0.5) is 18.0 Å². The fourth-order valence-corrected chi connectivity index (χ4v) is 3.91. The Hall–Kier alpha value is -2.75. The Labute approximate surface area is 176 Å². The Morgan fingerprint density at radius 3 is 2.67 bits per heavy atom. The molecular formula is C20H22F3N3O3S. The number of rotatable bonds is 6. The average Bonchev–Trinajstić information content (AvgIpc) is 3.24. The highest BCUT2D eigenvalue weighted by Gasteiger charge is 2.32. The van der Waals surface area contributed by atoms with Gasteiger partial charge in [0.2, 0.25) is 5.91 Å². The smallest absolute Gasteiger partial charge is 0.405 e. The van der Waals surface area contributed by atoms with Crippen LogP contribution < -0.4 is 15.4 Å². The van der Waals surface area contributed by atoms with Crippen LogP contribution in [-0.2, 0) is 17.9 Å². The predicted octanol–water partition coefficient (Wildman–Crippen LogP) is 3.88. The van der Waals surface area contributed by atoms with Crippen LogP contribution in [0, 0.1) is 5.92 Å². The number of urea groups is 1. The van der Waals surface area contributed by atoms with Crippen LogP contribution in [0.2, 0.25) is 0 Å². The highest BCUT2D eigenvalue weighted by atomic mass is 32.1. The molecule has 162 valence electrons. The fraction of sp³-hybridized carbons (Fsp3) is 0.400. The van der Waals surface area contributed by atoms with Crippen molar-refractivity contribution in [3.8, 4) is 5.75 Å². The van der Waals surface area contributed by atoms with Gasteiger partial charge in [0.15, 0.2) is 0 Å². The molecular weight excluding hydrogens is 419 g/mol. The van der Waals surface area contributed by atoms with E-state index in [1.165, 1.54) is 18.2 Å². The summed E-state index contributed by atoms with van der Waals surface area (Å²) in [6, 6.07) is 9.28. The van der Waals surface area contributed by atoms with Gasteiger partial charge in [-0.3, -0.25) is 4.79 Å². The quantitative estimate of drug-likeness (QED) is 0.715. The molecule has 10 heteroatoms. The van der Waals surface area contributed by atoms with Gasteiger partial charge in [-0.1, -0.05) is 24.3 Å². The number of alkyl halides is 3. The molecule has 3 amide bonds. The topological polar surface area (TPSA) is 70.7 Å². The van der Waals surface area contributed by atoms with Crippen molar-refractivity contribution in [1.82, 2.24) is 15.5 Å². The first-order chi connectivity index (χ1) is 14.3. The van der Waals surface area contributed by atoms with Gasteiger partial charge in [0.1, 0.15) is 5.75 Å². The van der Waals surface area contributed by atoms with Gasteiger partial charge >= 0.3 is 12.4 Å². The van der Waals surface area contributed by atoms with Crippen LogP contribution in [0.25, 0.3) is 0 Å². The van der Waals surface area contributed by atoms with E-state index in [0.717, 1.165) is 4.88 Å². The lowest BCUT2D eigenvalue weighted by atomic mass is 9.97. The number of amides is 3. The number of carbonyl (C=O) groups excluding carboxylic acids is 2. The van der Waals surface area contributed by atoms with Crippen molar-refractivity contribution in [2.24, 2.45) is 5.92 Å². The summed E-state index contributed by atoms with van der Waals surface area (Å²) in [5.74, 6) is -1.06. The highest BCUT2D eigenvalue weighted by Crippen LogP contribution is 2.26. The lowest BCUT2D eigenvalue weighted by Gasteiger charge is -2.32. The van der Waals surface area contributed by atoms with E-state index in [0.29, 0.717) is 25.9 Å². The lowest BCUT2D eigenvalue weighted by Crippen LogP contribution is -2.48. The largest absolute Gasteiger partial charge is 0.573 e. The molecule has 0 aliphatic carbocycles. The van der Waals surface area contributed by atoms with Crippen LogP contribution in [0.1, 0.15) is 23.3 Å². The van der Waals surface area contributed by atoms with Crippen LogP contribution in [0.15, 0.2) is 41.8 Å². The molecule has 2 N–H and O–H groups in total. The van der Waals surface area contributed by atoms with E-state index >= 15 is 0 Å². The van der Waals surface area contributed by atoms with Crippen LogP contribution >= 0.6 is 11.3 Å². The number of nitrogens with one attached hydrogen (secondary N) is 2. The molecule has 0 saturated carbocycles. The highest BCUT2D eigenvalue weighted by molar-refractivity contribution is 7.09. The van der Waals surface area contributed by atoms with Crippen LogP contribution in [0.3, 0.4) is 0 Å². The molecule has 0 radical (unpaired) electrons. The Bertz CT molecular complexity index is 858. The molecule has 6 nitrogen and oxygen atoms in total. The SMILES string of the molecule is O=C(NCc1ccccc1OC(F)(F)F)C1CCCN(C(=O)NCc2cccs2)C1. The summed E-state index contributed by atoms with van der Waals surface area (Å²) in [6.07, 6.45) is -3.51. The van der Waals surface area contributed by atoms with Gasteiger partial charge in [-0.2, -0.15) is 0 Å². The van der Waals surface area contributed by atoms with Gasteiger partial charge < -0.3 is 20.3 Å². The van der Waals surface area contributed by atoms with Crippen molar-refractivity contribution < 1.29 is 27.5 Å². The average molecular weight is 441 g/mol. The third-order valence-electron chi connectivity index (χ3n) is 4.72. The number of carbonyl (C=O) groups is 2. The number of benzene rings is 1. The number of piperidine rings is 1. The zero-order valence-corrected chi connectivity index (χ0v) is 16.9. The molecule has 3 rings (SSSR count). The van der Waals surface area contributed by atoms with Gasteiger partial charge in [0.05, 0.1) is 12.5 Å². The van der Waals surface area contributed by atoms with Crippen LogP contribution in [0.5, 0.6) is 5.75 Å². The minimum Gasteiger partial charge on any atom is -0.405 e. The molecule has 30 heavy (non-hydrogen) atoms. The summed E-state index contributed by atoms with van der Waals surface area (Å²) in [5.41, 5.74) is 0.226. The monoisotopic (exact) mass is 441 g/mol. The second kappa shape index (κ2) is 9.84. The number of ether oxygens (including phenoxy) is 1. The van der Waals surface area contributed by atoms with Gasteiger partial charge in [-0.15, -0.1) is 24.5 Å². The Balaban J connectivity index is 1.51. The summed E-state index contributed by atoms with van der Waals surface area (Å²) in [6.45, 7) is 1.16. The van der Waals surface area contributed by atoms with Crippen LogP contribution in [-0.4, -0.2) is 36.3 Å². The number of hydrogen-bond donors (Lipinski definition) is 2. The first-order valence-corrected chi connectivity index (χ1v) is 10.4. The number of hydrogen-bond acceptors (Lipinski definition) is 4. The van der Waals surface area contributed by atoms with Crippen molar-refractivity contribution in [1.29, 1.82) is 0 Å². The maximum Gasteiger partial charge on any atom is 0.573 e. The van der Waals surface area contributed by atoms with Crippen molar-refractivity contribution in [3.63, 3.8) is 0 Å². The maximum absolute atomic E-state index is 12.5. The van der Waals surface area contributed by atoms with E-state index in [-0.39, 0.29) is 36.3 Å². The molecule has 1 aromatic carbocycles. The summed E-state index contributed by atoms with van der Waals surface area (Å²) in [4.78, 5) is 27.6. The minimum absolute atomic E-state index is 0.0911. The normalized spacial score (nSPS) is 16.8. The zero-order chi connectivity index (χ0) is 21.6. The van der Waals surface area contributed by atoms with E-state index in [1.807, 2.05) is 17.5 Å². The molecule has 0 bridgehead atoms. The Morgan fingerprint density at radius 1 is 1.13 bits per heavy atom. The fourth-order valence-electron chi connectivity index (χ4n) is 3.26. The number of nitrogens with zero attached hydrogens (tertiary/aromatic N) is 1. The van der Waals surface area contributed by atoms with Gasteiger partial charge in [0.25, 0.3) is 0 Å². The lowest BCUT2D eigenvalue weighted by molar-refractivity contribution is -0.274. The number of thiophene rings is 1.